The quantitative estimate of drug-likeness (QED) is 0.747. The van der Waals surface area contributed by atoms with Gasteiger partial charge >= 0.3 is 0 Å². The van der Waals surface area contributed by atoms with Gasteiger partial charge in [-0.3, -0.25) is 0 Å². The highest BCUT2D eigenvalue weighted by Crippen LogP contribution is 2.35. The third-order valence-corrected chi connectivity index (χ3v) is 3.24. The molecule has 96 valence electrons. The summed E-state index contributed by atoms with van der Waals surface area (Å²) in [6.07, 6.45) is 4.35. The highest BCUT2D eigenvalue weighted by Gasteiger charge is 2.15. The molecule has 0 bridgehead atoms. The summed E-state index contributed by atoms with van der Waals surface area (Å²) in [6.45, 7) is 2.05. The molecule has 4 nitrogen and oxygen atoms in total. The second-order valence-corrected chi connectivity index (χ2v) is 4.75. The summed E-state index contributed by atoms with van der Waals surface area (Å²) < 4.78 is 0. The molecule has 1 unspecified atom stereocenters. The predicted octanol–water partition coefficient (Wildman–Crippen LogP) is 3.86. The van der Waals surface area contributed by atoms with E-state index in [-0.39, 0.29) is 6.04 Å². The number of hydrogen-bond acceptors (Lipinski definition) is 3. The number of nitrogens with one attached hydrogen (secondary N) is 2. The van der Waals surface area contributed by atoms with E-state index in [1.807, 2.05) is 0 Å². The number of halogens is 2. The van der Waals surface area contributed by atoms with E-state index in [9.17, 15) is 0 Å². The second kappa shape index (κ2) is 5.50. The summed E-state index contributed by atoms with van der Waals surface area (Å²) in [4.78, 5) is 7.31. The van der Waals surface area contributed by atoms with Crippen molar-refractivity contribution in [3.63, 3.8) is 0 Å². The number of anilines is 2. The van der Waals surface area contributed by atoms with Crippen LogP contribution in [0.1, 0.15) is 25.2 Å². The lowest BCUT2D eigenvalue weighted by molar-refractivity contribution is 0.704. The fourth-order valence-corrected chi connectivity index (χ4v) is 2.35. The summed E-state index contributed by atoms with van der Waals surface area (Å²) in [5.74, 6) is 0.849. The number of hydrogen-bond donors (Lipinski definition) is 3. The molecule has 1 heterocycles. The van der Waals surface area contributed by atoms with E-state index in [0.29, 0.717) is 21.4 Å². The maximum Gasteiger partial charge on any atom is 0.128 e. The Bertz CT molecular complexity index is 502. The Balaban J connectivity index is 2.28. The lowest BCUT2D eigenvalue weighted by atomic mass is 10.2. The van der Waals surface area contributed by atoms with Crippen LogP contribution in [0.3, 0.4) is 0 Å². The van der Waals surface area contributed by atoms with Gasteiger partial charge in [0.1, 0.15) is 5.82 Å². The summed E-state index contributed by atoms with van der Waals surface area (Å²) >= 11 is 12.3. The normalized spacial score (nSPS) is 12.4. The van der Waals surface area contributed by atoms with Crippen LogP contribution >= 0.6 is 23.2 Å². The molecule has 1 aromatic carbocycles. The molecule has 0 saturated heterocycles. The molecular weight excluding hydrogens is 271 g/mol. The van der Waals surface area contributed by atoms with Gasteiger partial charge in [0, 0.05) is 18.1 Å². The number of imidazole rings is 1. The van der Waals surface area contributed by atoms with E-state index in [2.05, 4.69) is 22.2 Å². The first-order valence-corrected chi connectivity index (χ1v) is 6.37. The molecule has 0 aliphatic heterocycles. The molecule has 18 heavy (non-hydrogen) atoms. The van der Waals surface area contributed by atoms with Crippen LogP contribution in [0.5, 0.6) is 0 Å². The zero-order chi connectivity index (χ0) is 13.1. The molecule has 0 aliphatic rings. The first-order chi connectivity index (χ1) is 8.61. The van der Waals surface area contributed by atoms with Gasteiger partial charge < -0.3 is 16.0 Å². The van der Waals surface area contributed by atoms with Crippen molar-refractivity contribution in [2.75, 3.05) is 11.1 Å². The van der Waals surface area contributed by atoms with E-state index in [4.69, 9.17) is 28.9 Å². The Labute approximate surface area is 116 Å². The van der Waals surface area contributed by atoms with Gasteiger partial charge in [-0.25, -0.2) is 4.98 Å². The van der Waals surface area contributed by atoms with Gasteiger partial charge in [-0.05, 0) is 18.6 Å². The Hall–Kier alpha value is -1.39. The largest absolute Gasteiger partial charge is 0.399 e. The van der Waals surface area contributed by atoms with Gasteiger partial charge in [-0.1, -0.05) is 30.1 Å². The molecule has 0 radical (unpaired) electrons. The molecule has 1 atom stereocenters. The molecule has 0 amide bonds. The van der Waals surface area contributed by atoms with Crippen molar-refractivity contribution in [1.82, 2.24) is 9.97 Å². The number of nitrogens with two attached hydrogens (primary N) is 1. The Morgan fingerprint density at radius 3 is 2.56 bits per heavy atom. The molecule has 4 N–H and O–H groups in total. The van der Waals surface area contributed by atoms with E-state index in [0.717, 1.165) is 12.2 Å². The van der Waals surface area contributed by atoms with Crippen molar-refractivity contribution in [2.24, 2.45) is 0 Å². The molecule has 0 aliphatic carbocycles. The van der Waals surface area contributed by atoms with Crippen molar-refractivity contribution in [3.05, 3.63) is 40.4 Å². The Kier molecular flexibility index (Phi) is 3.99. The minimum atomic E-state index is 0.0265. The Morgan fingerprint density at radius 1 is 1.39 bits per heavy atom. The van der Waals surface area contributed by atoms with Gasteiger partial charge in [0.15, 0.2) is 0 Å². The average Bonchev–Trinajstić information content (AvgIpc) is 2.81. The Morgan fingerprint density at radius 2 is 2.06 bits per heavy atom. The molecular formula is C12H14Cl2N4. The van der Waals surface area contributed by atoms with Gasteiger partial charge in [0.05, 0.1) is 21.8 Å². The van der Waals surface area contributed by atoms with Crippen molar-refractivity contribution < 1.29 is 0 Å². The van der Waals surface area contributed by atoms with Crippen molar-refractivity contribution in [3.8, 4) is 0 Å². The minimum absolute atomic E-state index is 0.0265. The molecule has 2 aromatic rings. The summed E-state index contributed by atoms with van der Waals surface area (Å²) in [5, 5.41) is 4.29. The van der Waals surface area contributed by atoms with Crippen molar-refractivity contribution in [1.29, 1.82) is 0 Å². The van der Waals surface area contributed by atoms with Crippen LogP contribution in [0.2, 0.25) is 10.0 Å². The molecule has 6 heteroatoms. The molecule has 0 saturated carbocycles. The number of nitrogen functional groups attached to an aromatic ring is 1. The average molecular weight is 285 g/mol. The molecule has 0 spiro atoms. The highest BCUT2D eigenvalue weighted by molar-refractivity contribution is 6.39. The number of H-pyrrole nitrogens is 1. The smallest absolute Gasteiger partial charge is 0.128 e. The van der Waals surface area contributed by atoms with Crippen LogP contribution in [-0.4, -0.2) is 9.97 Å². The molecule has 1 aromatic heterocycles. The number of rotatable bonds is 4. The molecule has 2 rings (SSSR count). The van der Waals surface area contributed by atoms with Crippen LogP contribution < -0.4 is 11.1 Å². The fraction of sp³-hybridized carbons (Fsp3) is 0.250. The zero-order valence-electron chi connectivity index (χ0n) is 9.87. The minimum Gasteiger partial charge on any atom is -0.399 e. The van der Waals surface area contributed by atoms with E-state index < -0.39 is 0 Å². The van der Waals surface area contributed by atoms with Gasteiger partial charge in [0.2, 0.25) is 0 Å². The standard InChI is InChI=1S/C12H14Cl2N4/c1-2-10(12-16-3-4-17-12)18-11-8(13)5-7(15)6-9(11)14/h3-6,10,18H,2,15H2,1H3,(H,16,17). The van der Waals surface area contributed by atoms with E-state index >= 15 is 0 Å². The first kappa shape index (κ1) is 13.1. The maximum absolute atomic E-state index is 6.14. The number of benzene rings is 1. The van der Waals surface area contributed by atoms with Crippen LogP contribution in [0, 0.1) is 0 Å². The van der Waals surface area contributed by atoms with Gasteiger partial charge in [0.25, 0.3) is 0 Å². The van der Waals surface area contributed by atoms with Crippen LogP contribution in [0.25, 0.3) is 0 Å². The third-order valence-electron chi connectivity index (χ3n) is 2.64. The van der Waals surface area contributed by atoms with Crippen LogP contribution in [0.4, 0.5) is 11.4 Å². The van der Waals surface area contributed by atoms with Crippen LogP contribution in [-0.2, 0) is 0 Å². The van der Waals surface area contributed by atoms with E-state index in [1.54, 1.807) is 24.5 Å². The monoisotopic (exact) mass is 284 g/mol. The van der Waals surface area contributed by atoms with Crippen molar-refractivity contribution in [2.45, 2.75) is 19.4 Å². The van der Waals surface area contributed by atoms with Gasteiger partial charge in [-0.2, -0.15) is 0 Å². The highest BCUT2D eigenvalue weighted by atomic mass is 35.5. The molecule has 0 fully saturated rings. The van der Waals surface area contributed by atoms with Crippen LogP contribution in [0.15, 0.2) is 24.5 Å². The van der Waals surface area contributed by atoms with E-state index in [1.165, 1.54) is 0 Å². The summed E-state index contributed by atoms with van der Waals surface area (Å²) in [5.41, 5.74) is 6.89. The second-order valence-electron chi connectivity index (χ2n) is 3.94. The predicted molar refractivity (Wildman–Crippen MR) is 76.1 cm³/mol. The fourth-order valence-electron chi connectivity index (χ4n) is 1.74. The zero-order valence-corrected chi connectivity index (χ0v) is 11.4. The number of aromatic amines is 1. The lowest BCUT2D eigenvalue weighted by Gasteiger charge is -2.18. The summed E-state index contributed by atoms with van der Waals surface area (Å²) in [6, 6.07) is 3.37. The van der Waals surface area contributed by atoms with Gasteiger partial charge in [-0.15, -0.1) is 0 Å². The number of aromatic nitrogens is 2. The topological polar surface area (TPSA) is 66.7 Å². The number of nitrogens with zero attached hydrogens (tertiary/aromatic N) is 1. The lowest BCUT2D eigenvalue weighted by Crippen LogP contribution is -2.12. The summed E-state index contributed by atoms with van der Waals surface area (Å²) in [7, 11) is 0. The first-order valence-electron chi connectivity index (χ1n) is 5.62. The van der Waals surface area contributed by atoms with Crippen molar-refractivity contribution >= 4 is 34.6 Å². The SMILES string of the molecule is CCC(Nc1c(Cl)cc(N)cc1Cl)c1ncc[nH]1. The third kappa shape index (κ3) is 2.71. The maximum atomic E-state index is 6.14.